The van der Waals surface area contributed by atoms with E-state index < -0.39 is 0 Å². The average Bonchev–Trinajstić information content (AvgIpc) is 2.79. The third-order valence-corrected chi connectivity index (χ3v) is 1.98. The van der Waals surface area contributed by atoms with Crippen molar-refractivity contribution < 1.29 is 4.74 Å². The normalized spacial score (nSPS) is 10.5. The Morgan fingerprint density at radius 1 is 1.35 bits per heavy atom. The van der Waals surface area contributed by atoms with Gasteiger partial charge in [-0.05, 0) is 19.9 Å². The fourth-order valence-electron chi connectivity index (χ4n) is 1.29. The second-order valence-corrected chi connectivity index (χ2v) is 3.82. The largest absolute Gasteiger partial charge is 0.475 e. The molecule has 2 aromatic heterocycles. The molecule has 2 heterocycles. The number of ether oxygens (including phenoxy) is 1. The summed E-state index contributed by atoms with van der Waals surface area (Å²) in [6.45, 7) is 4.52. The van der Waals surface area contributed by atoms with E-state index in [1.54, 1.807) is 18.5 Å². The number of rotatable bonds is 5. The molecule has 0 bridgehead atoms. The minimum Gasteiger partial charge on any atom is -0.475 e. The van der Waals surface area contributed by atoms with Crippen LogP contribution in [0.3, 0.4) is 0 Å². The van der Waals surface area contributed by atoms with Crippen LogP contribution in [0.2, 0.25) is 0 Å². The molecule has 0 aliphatic carbocycles. The van der Waals surface area contributed by atoms with Crippen molar-refractivity contribution in [2.45, 2.75) is 26.5 Å². The van der Waals surface area contributed by atoms with Gasteiger partial charge in [-0.1, -0.05) is 0 Å². The van der Waals surface area contributed by atoms with Crippen molar-refractivity contribution in [2.24, 2.45) is 0 Å². The van der Waals surface area contributed by atoms with Crippen LogP contribution in [0.4, 0.5) is 5.95 Å². The molecule has 0 unspecified atom stereocenters. The zero-order valence-corrected chi connectivity index (χ0v) is 9.84. The molecule has 0 amide bonds. The molecule has 6 nitrogen and oxygen atoms in total. The minimum atomic E-state index is 0.102. The highest BCUT2D eigenvalue weighted by Gasteiger charge is 2.02. The molecule has 0 aromatic carbocycles. The third-order valence-electron chi connectivity index (χ3n) is 1.98. The van der Waals surface area contributed by atoms with Crippen molar-refractivity contribution in [3.63, 3.8) is 0 Å². The van der Waals surface area contributed by atoms with Gasteiger partial charge in [-0.3, -0.25) is 5.10 Å². The van der Waals surface area contributed by atoms with Crippen molar-refractivity contribution in [1.29, 1.82) is 0 Å². The number of anilines is 1. The summed E-state index contributed by atoms with van der Waals surface area (Å²) in [5.74, 6) is 1.11. The first kappa shape index (κ1) is 11.4. The lowest BCUT2D eigenvalue weighted by Gasteiger charge is -2.09. The summed E-state index contributed by atoms with van der Waals surface area (Å²) >= 11 is 0. The van der Waals surface area contributed by atoms with E-state index in [0.29, 0.717) is 18.4 Å². The number of hydrogen-bond acceptors (Lipinski definition) is 5. The van der Waals surface area contributed by atoms with Crippen LogP contribution < -0.4 is 10.1 Å². The first-order valence-electron chi connectivity index (χ1n) is 5.46. The van der Waals surface area contributed by atoms with E-state index in [1.807, 2.05) is 19.9 Å². The lowest BCUT2D eigenvalue weighted by molar-refractivity contribution is 0.232. The standard InChI is InChI=1S/C11H15N5O/c1-8(2)17-10-4-5-12-11(15-10)13-7-9-3-6-14-16-9/h3-6,8H,7H2,1-2H3,(H,14,16)(H,12,13,15). The second-order valence-electron chi connectivity index (χ2n) is 3.82. The van der Waals surface area contributed by atoms with Gasteiger partial charge in [0.25, 0.3) is 0 Å². The number of nitrogens with zero attached hydrogens (tertiary/aromatic N) is 3. The van der Waals surface area contributed by atoms with Gasteiger partial charge in [-0.2, -0.15) is 10.1 Å². The van der Waals surface area contributed by atoms with Crippen LogP contribution in [0.25, 0.3) is 0 Å². The molecule has 0 atom stereocenters. The van der Waals surface area contributed by atoms with Crippen molar-refractivity contribution in [2.75, 3.05) is 5.32 Å². The van der Waals surface area contributed by atoms with E-state index >= 15 is 0 Å². The maximum absolute atomic E-state index is 5.48. The highest BCUT2D eigenvalue weighted by atomic mass is 16.5. The Kier molecular flexibility index (Phi) is 3.54. The van der Waals surface area contributed by atoms with Gasteiger partial charge in [-0.15, -0.1) is 0 Å². The number of hydrogen-bond donors (Lipinski definition) is 2. The first-order chi connectivity index (χ1) is 8.24. The third kappa shape index (κ3) is 3.44. The van der Waals surface area contributed by atoms with Gasteiger partial charge in [0, 0.05) is 18.5 Å². The van der Waals surface area contributed by atoms with E-state index in [2.05, 4.69) is 25.5 Å². The summed E-state index contributed by atoms with van der Waals surface area (Å²) in [6.07, 6.45) is 3.47. The Hall–Kier alpha value is -2.11. The van der Waals surface area contributed by atoms with E-state index in [9.17, 15) is 0 Å². The van der Waals surface area contributed by atoms with E-state index in [4.69, 9.17) is 4.74 Å². The molecule has 0 saturated heterocycles. The molecule has 2 aromatic rings. The van der Waals surface area contributed by atoms with Gasteiger partial charge < -0.3 is 10.1 Å². The molecule has 17 heavy (non-hydrogen) atoms. The fourth-order valence-corrected chi connectivity index (χ4v) is 1.29. The monoisotopic (exact) mass is 233 g/mol. The topological polar surface area (TPSA) is 75.7 Å². The smallest absolute Gasteiger partial charge is 0.226 e. The molecular weight excluding hydrogens is 218 g/mol. The highest BCUT2D eigenvalue weighted by molar-refractivity contribution is 5.28. The minimum absolute atomic E-state index is 0.102. The summed E-state index contributed by atoms with van der Waals surface area (Å²) in [5, 5.41) is 9.80. The Morgan fingerprint density at radius 2 is 2.24 bits per heavy atom. The summed E-state index contributed by atoms with van der Waals surface area (Å²) in [6, 6.07) is 3.63. The van der Waals surface area contributed by atoms with Crippen LogP contribution in [-0.4, -0.2) is 26.3 Å². The molecule has 0 aliphatic heterocycles. The molecule has 0 radical (unpaired) electrons. The number of nitrogens with one attached hydrogen (secondary N) is 2. The van der Waals surface area contributed by atoms with Crippen molar-refractivity contribution in [3.05, 3.63) is 30.2 Å². The van der Waals surface area contributed by atoms with Crippen LogP contribution >= 0.6 is 0 Å². The van der Waals surface area contributed by atoms with Crippen LogP contribution in [0.5, 0.6) is 5.88 Å². The van der Waals surface area contributed by atoms with E-state index in [1.165, 1.54) is 0 Å². The maximum atomic E-state index is 5.48. The number of aromatic amines is 1. The lowest BCUT2D eigenvalue weighted by atomic mass is 10.4. The first-order valence-corrected chi connectivity index (χ1v) is 5.46. The molecule has 0 fully saturated rings. The van der Waals surface area contributed by atoms with E-state index in [-0.39, 0.29) is 6.10 Å². The van der Waals surface area contributed by atoms with Crippen molar-refractivity contribution in [3.8, 4) is 5.88 Å². The summed E-state index contributed by atoms with van der Waals surface area (Å²) in [4.78, 5) is 8.34. The van der Waals surface area contributed by atoms with Crippen molar-refractivity contribution >= 4 is 5.95 Å². The lowest BCUT2D eigenvalue weighted by Crippen LogP contribution is -2.09. The molecule has 90 valence electrons. The summed E-state index contributed by atoms with van der Waals surface area (Å²) in [7, 11) is 0. The second kappa shape index (κ2) is 5.29. The predicted octanol–water partition coefficient (Wildman–Crippen LogP) is 1.60. The van der Waals surface area contributed by atoms with Crippen molar-refractivity contribution in [1.82, 2.24) is 20.2 Å². The molecule has 0 aliphatic rings. The Balaban J connectivity index is 1.96. The zero-order chi connectivity index (χ0) is 12.1. The quantitative estimate of drug-likeness (QED) is 0.820. The van der Waals surface area contributed by atoms with Crippen LogP contribution in [0.1, 0.15) is 19.5 Å². The van der Waals surface area contributed by atoms with Gasteiger partial charge in [0.05, 0.1) is 18.3 Å². The van der Waals surface area contributed by atoms with Gasteiger partial charge in [0.2, 0.25) is 11.8 Å². The molecule has 2 rings (SSSR count). The van der Waals surface area contributed by atoms with Gasteiger partial charge in [-0.25, -0.2) is 4.98 Å². The van der Waals surface area contributed by atoms with Gasteiger partial charge >= 0.3 is 0 Å². The molecule has 0 spiro atoms. The van der Waals surface area contributed by atoms with Crippen LogP contribution in [0.15, 0.2) is 24.5 Å². The molecule has 2 N–H and O–H groups in total. The molecule has 6 heteroatoms. The van der Waals surface area contributed by atoms with Crippen LogP contribution in [0, 0.1) is 0 Å². The highest BCUT2D eigenvalue weighted by Crippen LogP contribution is 2.10. The Labute approximate surface area is 99.4 Å². The summed E-state index contributed by atoms with van der Waals surface area (Å²) in [5.41, 5.74) is 0.976. The van der Waals surface area contributed by atoms with Crippen LogP contribution in [-0.2, 0) is 6.54 Å². The number of aromatic nitrogens is 4. The zero-order valence-electron chi connectivity index (χ0n) is 9.84. The maximum Gasteiger partial charge on any atom is 0.226 e. The molecular formula is C11H15N5O. The Bertz CT molecular complexity index is 455. The summed E-state index contributed by atoms with van der Waals surface area (Å²) < 4.78 is 5.48. The average molecular weight is 233 g/mol. The number of H-pyrrole nitrogens is 1. The van der Waals surface area contributed by atoms with Gasteiger partial charge in [0.15, 0.2) is 0 Å². The van der Waals surface area contributed by atoms with E-state index in [0.717, 1.165) is 5.69 Å². The predicted molar refractivity (Wildman–Crippen MR) is 63.7 cm³/mol. The van der Waals surface area contributed by atoms with Gasteiger partial charge in [0.1, 0.15) is 0 Å². The molecule has 0 saturated carbocycles. The SMILES string of the molecule is CC(C)Oc1ccnc(NCc2ccn[nH]2)n1. The fraction of sp³-hybridized carbons (Fsp3) is 0.364. The Morgan fingerprint density at radius 3 is 2.94 bits per heavy atom.